The van der Waals surface area contributed by atoms with E-state index in [2.05, 4.69) is 50.4 Å². The Balaban J connectivity index is 1.63. The third-order valence-corrected chi connectivity index (χ3v) is 4.79. The molecule has 0 spiro atoms. The predicted molar refractivity (Wildman–Crippen MR) is 115 cm³/mol. The zero-order valence-corrected chi connectivity index (χ0v) is 16.0. The van der Waals surface area contributed by atoms with E-state index in [1.165, 1.54) is 19.3 Å². The third kappa shape index (κ3) is 3.86. The van der Waals surface area contributed by atoms with Crippen molar-refractivity contribution in [2.24, 2.45) is 5.10 Å². The van der Waals surface area contributed by atoms with Crippen LogP contribution in [0.5, 0.6) is 0 Å². The van der Waals surface area contributed by atoms with Gasteiger partial charge in [0.05, 0.1) is 11.7 Å². The molecule has 0 saturated carbocycles. The molecule has 4 rings (SSSR count). The van der Waals surface area contributed by atoms with Crippen LogP contribution in [0.15, 0.2) is 59.7 Å². The van der Waals surface area contributed by atoms with E-state index in [1.807, 2.05) is 36.4 Å². The molecule has 0 amide bonds. The Morgan fingerprint density at radius 3 is 2.64 bits per heavy atom. The van der Waals surface area contributed by atoms with Gasteiger partial charge in [0, 0.05) is 11.9 Å². The van der Waals surface area contributed by atoms with E-state index >= 15 is 0 Å². The van der Waals surface area contributed by atoms with Gasteiger partial charge in [-0.15, -0.1) is 10.2 Å². The van der Waals surface area contributed by atoms with E-state index in [1.54, 1.807) is 6.21 Å². The van der Waals surface area contributed by atoms with Crippen LogP contribution in [0, 0.1) is 0 Å². The number of hydrogen-bond acceptors (Lipinski definition) is 5. The number of benzene rings is 2. The molecule has 4 aromatic rings. The minimum absolute atomic E-state index is 0.400. The molecular formula is C22H24N6. The van der Waals surface area contributed by atoms with Crippen molar-refractivity contribution in [1.82, 2.24) is 19.7 Å². The summed E-state index contributed by atoms with van der Waals surface area (Å²) in [6.07, 6.45) is 6.57. The maximum absolute atomic E-state index is 4.71. The molecule has 1 N–H and O–H groups in total. The molecule has 0 saturated heterocycles. The molecule has 0 aliphatic carbocycles. The van der Waals surface area contributed by atoms with Crippen molar-refractivity contribution >= 4 is 34.2 Å². The molecule has 0 bridgehead atoms. The van der Waals surface area contributed by atoms with Crippen LogP contribution in [-0.2, 0) is 6.54 Å². The van der Waals surface area contributed by atoms with Crippen LogP contribution in [0.1, 0.15) is 38.2 Å². The number of anilines is 1. The van der Waals surface area contributed by atoms with Crippen molar-refractivity contribution in [2.45, 2.75) is 39.2 Å². The zero-order chi connectivity index (χ0) is 19.2. The van der Waals surface area contributed by atoms with Gasteiger partial charge in [-0.2, -0.15) is 10.1 Å². The van der Waals surface area contributed by atoms with Crippen molar-refractivity contribution in [3.63, 3.8) is 0 Å². The highest BCUT2D eigenvalue weighted by atomic mass is 15.4. The van der Waals surface area contributed by atoms with Crippen molar-refractivity contribution in [2.75, 3.05) is 5.43 Å². The van der Waals surface area contributed by atoms with E-state index < -0.39 is 0 Å². The van der Waals surface area contributed by atoms with Crippen LogP contribution >= 0.6 is 0 Å². The highest BCUT2D eigenvalue weighted by Crippen LogP contribution is 2.26. The van der Waals surface area contributed by atoms with Gasteiger partial charge in [0.1, 0.15) is 5.52 Å². The lowest BCUT2D eigenvalue weighted by atomic mass is 10.2. The highest BCUT2D eigenvalue weighted by Gasteiger charge is 2.14. The Bertz CT molecular complexity index is 1080. The third-order valence-electron chi connectivity index (χ3n) is 4.79. The molecule has 2 aromatic heterocycles. The van der Waals surface area contributed by atoms with Gasteiger partial charge in [-0.3, -0.25) is 0 Å². The summed E-state index contributed by atoms with van der Waals surface area (Å²) in [6, 6.07) is 18.2. The first-order valence-corrected chi connectivity index (χ1v) is 9.82. The van der Waals surface area contributed by atoms with Gasteiger partial charge >= 0.3 is 0 Å². The second-order valence-electron chi connectivity index (χ2n) is 6.82. The fourth-order valence-corrected chi connectivity index (χ4v) is 3.38. The van der Waals surface area contributed by atoms with Gasteiger partial charge < -0.3 is 4.57 Å². The number of nitrogens with one attached hydrogen (secondary N) is 1. The Labute approximate surface area is 164 Å². The van der Waals surface area contributed by atoms with Crippen LogP contribution in [0.2, 0.25) is 0 Å². The molecule has 0 unspecified atom stereocenters. The molecular weight excluding hydrogens is 348 g/mol. The number of rotatable bonds is 8. The first-order valence-electron chi connectivity index (χ1n) is 9.82. The maximum Gasteiger partial charge on any atom is 0.265 e. The summed E-state index contributed by atoms with van der Waals surface area (Å²) in [4.78, 5) is 4.71. The lowest BCUT2D eigenvalue weighted by Gasteiger charge is -2.06. The second-order valence-corrected chi connectivity index (χ2v) is 6.82. The number of aryl methyl sites for hydroxylation is 1. The van der Waals surface area contributed by atoms with E-state index in [-0.39, 0.29) is 0 Å². The van der Waals surface area contributed by atoms with E-state index in [0.29, 0.717) is 5.95 Å². The molecule has 142 valence electrons. The number of hydrogen-bond donors (Lipinski definition) is 1. The average Bonchev–Trinajstić information content (AvgIpc) is 3.05. The summed E-state index contributed by atoms with van der Waals surface area (Å²) < 4.78 is 2.25. The minimum Gasteiger partial charge on any atom is -0.324 e. The largest absolute Gasteiger partial charge is 0.324 e. The zero-order valence-electron chi connectivity index (χ0n) is 16.0. The smallest absolute Gasteiger partial charge is 0.265 e. The van der Waals surface area contributed by atoms with Crippen LogP contribution in [0.3, 0.4) is 0 Å². The van der Waals surface area contributed by atoms with Gasteiger partial charge in [-0.25, -0.2) is 5.43 Å². The summed E-state index contributed by atoms with van der Waals surface area (Å²) >= 11 is 0. The van der Waals surface area contributed by atoms with E-state index in [4.69, 9.17) is 4.98 Å². The summed E-state index contributed by atoms with van der Waals surface area (Å²) in [6.45, 7) is 3.15. The molecule has 6 nitrogen and oxygen atoms in total. The number of fused-ring (bicyclic) bond motifs is 3. The number of para-hydroxylation sites is 1. The molecule has 0 atom stereocenters. The van der Waals surface area contributed by atoms with Crippen molar-refractivity contribution in [3.8, 4) is 0 Å². The van der Waals surface area contributed by atoms with Crippen LogP contribution < -0.4 is 5.43 Å². The highest BCUT2D eigenvalue weighted by molar-refractivity contribution is 6.04. The minimum atomic E-state index is 0.400. The quantitative estimate of drug-likeness (QED) is 0.268. The standard InChI is InChI=1S/C22H24N6/c1-2-3-4-10-15-28-19-14-9-8-13-18(19)20-21(28)24-22(27-25-20)26-23-16-17-11-6-5-7-12-17/h5-9,11-14,16H,2-4,10,15H2,1H3,(H,24,26,27)/b23-16+. The Hall–Kier alpha value is -3.28. The van der Waals surface area contributed by atoms with Gasteiger partial charge in [-0.05, 0) is 18.1 Å². The van der Waals surface area contributed by atoms with Gasteiger partial charge in [0.2, 0.25) is 0 Å². The molecule has 0 aliphatic heterocycles. The summed E-state index contributed by atoms with van der Waals surface area (Å²) in [5, 5.41) is 14.0. The molecule has 28 heavy (non-hydrogen) atoms. The summed E-state index contributed by atoms with van der Waals surface area (Å²) in [5.74, 6) is 0.400. The van der Waals surface area contributed by atoms with Gasteiger partial charge in [0.15, 0.2) is 5.65 Å². The predicted octanol–water partition coefficient (Wildman–Crippen LogP) is 5.01. The topological polar surface area (TPSA) is 68.0 Å². The second kappa shape index (κ2) is 8.61. The lowest BCUT2D eigenvalue weighted by molar-refractivity contribution is 0.600. The Kier molecular flexibility index (Phi) is 5.56. The van der Waals surface area contributed by atoms with Gasteiger partial charge in [-0.1, -0.05) is 74.7 Å². The number of unbranched alkanes of at least 4 members (excludes halogenated alkanes) is 3. The normalized spacial score (nSPS) is 11.6. The van der Waals surface area contributed by atoms with Crippen molar-refractivity contribution in [1.29, 1.82) is 0 Å². The molecule has 0 aliphatic rings. The Morgan fingerprint density at radius 2 is 1.79 bits per heavy atom. The average molecular weight is 372 g/mol. The number of aromatic nitrogens is 4. The fourth-order valence-electron chi connectivity index (χ4n) is 3.38. The summed E-state index contributed by atoms with van der Waals surface area (Å²) in [5.41, 5.74) is 6.76. The van der Waals surface area contributed by atoms with E-state index in [0.717, 1.165) is 40.6 Å². The first-order chi connectivity index (χ1) is 13.9. The molecule has 2 aromatic carbocycles. The van der Waals surface area contributed by atoms with Crippen molar-refractivity contribution < 1.29 is 0 Å². The van der Waals surface area contributed by atoms with Crippen LogP contribution in [-0.4, -0.2) is 26.0 Å². The fraction of sp³-hybridized carbons (Fsp3) is 0.273. The molecule has 6 heteroatoms. The molecule has 0 fully saturated rings. The number of hydrazone groups is 1. The first kappa shape index (κ1) is 18.1. The Morgan fingerprint density at radius 1 is 0.964 bits per heavy atom. The van der Waals surface area contributed by atoms with Crippen LogP contribution in [0.25, 0.3) is 22.1 Å². The summed E-state index contributed by atoms with van der Waals surface area (Å²) in [7, 11) is 0. The van der Waals surface area contributed by atoms with Crippen molar-refractivity contribution in [3.05, 3.63) is 60.2 Å². The number of nitrogens with zero attached hydrogens (tertiary/aromatic N) is 5. The monoisotopic (exact) mass is 372 g/mol. The molecule has 2 heterocycles. The van der Waals surface area contributed by atoms with Gasteiger partial charge in [0.25, 0.3) is 5.95 Å². The maximum atomic E-state index is 4.71. The van der Waals surface area contributed by atoms with Crippen LogP contribution in [0.4, 0.5) is 5.95 Å². The van der Waals surface area contributed by atoms with E-state index in [9.17, 15) is 0 Å². The lowest BCUT2D eigenvalue weighted by Crippen LogP contribution is -2.03. The molecule has 0 radical (unpaired) electrons. The SMILES string of the molecule is CCCCCCn1c2ccccc2c2nnc(N/N=C/c3ccccc3)nc21.